The zero-order valence-electron chi connectivity index (χ0n) is 13.0. The fraction of sp³-hybridized carbons (Fsp3) is 0.312. The molecule has 0 atom stereocenters. The molecule has 1 saturated carbocycles. The van der Waals surface area contributed by atoms with E-state index >= 15 is 0 Å². The number of benzene rings is 1. The van der Waals surface area contributed by atoms with Crippen LogP contribution in [0.2, 0.25) is 0 Å². The maximum Gasteiger partial charge on any atom is 0.272 e. The minimum atomic E-state index is -0.183. The lowest BCUT2D eigenvalue weighted by atomic mass is 10.2. The van der Waals surface area contributed by atoms with Crippen molar-refractivity contribution in [2.45, 2.75) is 18.9 Å². The quantitative estimate of drug-likeness (QED) is 0.849. The maximum absolute atomic E-state index is 11.9. The van der Waals surface area contributed by atoms with Crippen molar-refractivity contribution in [2.24, 2.45) is 0 Å². The number of amides is 1. The van der Waals surface area contributed by atoms with Gasteiger partial charge in [0.15, 0.2) is 23.0 Å². The summed E-state index contributed by atoms with van der Waals surface area (Å²) in [5, 5.41) is 14.0. The molecule has 1 aliphatic rings. The number of rotatable bonds is 6. The molecule has 2 N–H and O–H groups in total. The Labute approximate surface area is 134 Å². The van der Waals surface area contributed by atoms with Crippen LogP contribution in [0.15, 0.2) is 30.3 Å². The second-order valence-electron chi connectivity index (χ2n) is 5.25. The summed E-state index contributed by atoms with van der Waals surface area (Å²) < 4.78 is 10.4. The number of nitrogens with one attached hydrogen (secondary N) is 2. The molecule has 1 heterocycles. The number of hydrogen-bond donors (Lipinski definition) is 2. The molecular formula is C16H18N4O3. The van der Waals surface area contributed by atoms with Crippen LogP contribution in [0.5, 0.6) is 11.5 Å². The van der Waals surface area contributed by atoms with E-state index in [9.17, 15) is 4.79 Å². The van der Waals surface area contributed by atoms with Gasteiger partial charge in [-0.2, -0.15) is 0 Å². The van der Waals surface area contributed by atoms with Crippen molar-refractivity contribution < 1.29 is 14.3 Å². The fourth-order valence-electron chi connectivity index (χ4n) is 2.07. The molecule has 0 spiro atoms. The van der Waals surface area contributed by atoms with Gasteiger partial charge in [-0.05, 0) is 37.1 Å². The topological polar surface area (TPSA) is 85.4 Å². The molecule has 1 aromatic carbocycles. The van der Waals surface area contributed by atoms with Crippen molar-refractivity contribution >= 4 is 17.4 Å². The first kappa shape index (κ1) is 15.1. The third-order valence-corrected chi connectivity index (χ3v) is 3.47. The lowest BCUT2D eigenvalue weighted by Gasteiger charge is -2.10. The Bertz CT molecular complexity index is 699. The molecule has 0 aliphatic heterocycles. The highest BCUT2D eigenvalue weighted by Gasteiger charge is 2.24. The van der Waals surface area contributed by atoms with E-state index in [1.165, 1.54) is 0 Å². The van der Waals surface area contributed by atoms with Crippen LogP contribution >= 0.6 is 0 Å². The third kappa shape index (κ3) is 3.68. The SMILES string of the molecule is COc1ccc(Nc2ccc(C(=O)NC3CC3)nn2)cc1OC. The number of carbonyl (C=O) groups excluding carboxylic acids is 1. The summed E-state index contributed by atoms with van der Waals surface area (Å²) in [7, 11) is 3.16. The number of methoxy groups -OCH3 is 2. The molecule has 0 saturated heterocycles. The molecule has 7 heteroatoms. The summed E-state index contributed by atoms with van der Waals surface area (Å²) in [6.45, 7) is 0. The van der Waals surface area contributed by atoms with E-state index in [1.54, 1.807) is 38.5 Å². The summed E-state index contributed by atoms with van der Waals surface area (Å²) in [5.41, 5.74) is 1.10. The number of nitrogens with zero attached hydrogens (tertiary/aromatic N) is 2. The molecule has 1 aliphatic carbocycles. The van der Waals surface area contributed by atoms with Crippen molar-refractivity contribution in [3.8, 4) is 11.5 Å². The van der Waals surface area contributed by atoms with Gasteiger partial charge in [-0.15, -0.1) is 10.2 Å². The van der Waals surface area contributed by atoms with Crippen LogP contribution in [0.4, 0.5) is 11.5 Å². The minimum absolute atomic E-state index is 0.183. The Hall–Kier alpha value is -2.83. The van der Waals surface area contributed by atoms with E-state index in [0.29, 0.717) is 29.1 Å². The summed E-state index contributed by atoms with van der Waals surface area (Å²) in [6.07, 6.45) is 2.08. The van der Waals surface area contributed by atoms with E-state index in [2.05, 4.69) is 20.8 Å². The Kier molecular flexibility index (Phi) is 4.27. The first-order chi connectivity index (χ1) is 11.2. The molecule has 1 aromatic heterocycles. The predicted molar refractivity (Wildman–Crippen MR) is 85.3 cm³/mol. The second-order valence-corrected chi connectivity index (χ2v) is 5.25. The minimum Gasteiger partial charge on any atom is -0.493 e. The van der Waals surface area contributed by atoms with Crippen LogP contribution in [0, 0.1) is 0 Å². The van der Waals surface area contributed by atoms with Crippen molar-refractivity contribution in [1.29, 1.82) is 0 Å². The van der Waals surface area contributed by atoms with Crippen LogP contribution in [-0.4, -0.2) is 36.4 Å². The Balaban J connectivity index is 1.69. The lowest BCUT2D eigenvalue weighted by Crippen LogP contribution is -2.26. The molecule has 0 radical (unpaired) electrons. The van der Waals surface area contributed by atoms with Crippen LogP contribution < -0.4 is 20.1 Å². The monoisotopic (exact) mass is 314 g/mol. The predicted octanol–water partition coefficient (Wildman–Crippen LogP) is 2.13. The Morgan fingerprint density at radius 2 is 1.87 bits per heavy atom. The second kappa shape index (κ2) is 6.51. The molecule has 1 fully saturated rings. The van der Waals surface area contributed by atoms with Crippen LogP contribution in [0.25, 0.3) is 0 Å². The van der Waals surface area contributed by atoms with Gasteiger partial charge in [0.05, 0.1) is 14.2 Å². The summed E-state index contributed by atoms with van der Waals surface area (Å²) in [6, 6.07) is 9.10. The first-order valence-electron chi connectivity index (χ1n) is 7.33. The van der Waals surface area contributed by atoms with Crippen molar-refractivity contribution in [3.05, 3.63) is 36.0 Å². The largest absolute Gasteiger partial charge is 0.493 e. The van der Waals surface area contributed by atoms with Gasteiger partial charge in [-0.1, -0.05) is 0 Å². The van der Waals surface area contributed by atoms with Gasteiger partial charge < -0.3 is 20.1 Å². The number of ether oxygens (including phenoxy) is 2. The van der Waals surface area contributed by atoms with Gasteiger partial charge in [-0.25, -0.2) is 0 Å². The number of carbonyl (C=O) groups is 1. The molecule has 2 aromatic rings. The number of anilines is 2. The van der Waals surface area contributed by atoms with E-state index in [4.69, 9.17) is 9.47 Å². The van der Waals surface area contributed by atoms with Crippen LogP contribution in [0.3, 0.4) is 0 Å². The fourth-order valence-corrected chi connectivity index (χ4v) is 2.07. The van der Waals surface area contributed by atoms with Gasteiger partial charge >= 0.3 is 0 Å². The Morgan fingerprint density at radius 1 is 1.09 bits per heavy atom. The average Bonchev–Trinajstić information content (AvgIpc) is 3.39. The van der Waals surface area contributed by atoms with E-state index in [-0.39, 0.29) is 5.91 Å². The van der Waals surface area contributed by atoms with Crippen LogP contribution in [0.1, 0.15) is 23.3 Å². The molecular weight excluding hydrogens is 296 g/mol. The normalized spacial score (nSPS) is 13.3. The van der Waals surface area contributed by atoms with Gasteiger partial charge in [0.2, 0.25) is 0 Å². The summed E-state index contributed by atoms with van der Waals surface area (Å²) in [5.74, 6) is 1.62. The van der Waals surface area contributed by atoms with Crippen LogP contribution in [-0.2, 0) is 0 Å². The van der Waals surface area contributed by atoms with E-state index in [0.717, 1.165) is 18.5 Å². The highest BCUT2D eigenvalue weighted by atomic mass is 16.5. The van der Waals surface area contributed by atoms with Crippen molar-refractivity contribution in [2.75, 3.05) is 19.5 Å². The molecule has 0 unspecified atom stereocenters. The molecule has 120 valence electrons. The maximum atomic E-state index is 11.9. The summed E-state index contributed by atoms with van der Waals surface area (Å²) >= 11 is 0. The van der Waals surface area contributed by atoms with E-state index < -0.39 is 0 Å². The lowest BCUT2D eigenvalue weighted by molar-refractivity contribution is 0.0945. The van der Waals surface area contributed by atoms with Gasteiger partial charge in [-0.3, -0.25) is 4.79 Å². The molecule has 0 bridgehead atoms. The molecule has 3 rings (SSSR count). The third-order valence-electron chi connectivity index (χ3n) is 3.47. The number of hydrogen-bond acceptors (Lipinski definition) is 6. The molecule has 1 amide bonds. The number of aromatic nitrogens is 2. The highest BCUT2D eigenvalue weighted by Crippen LogP contribution is 2.30. The molecule has 7 nitrogen and oxygen atoms in total. The standard InChI is InChI=1S/C16H18N4O3/c1-22-13-7-5-11(9-14(13)23-2)17-15-8-6-12(19-20-15)16(21)18-10-3-4-10/h5-10H,3-4H2,1-2H3,(H,17,20)(H,18,21). The zero-order valence-corrected chi connectivity index (χ0v) is 13.0. The average molecular weight is 314 g/mol. The van der Waals surface area contributed by atoms with Crippen molar-refractivity contribution in [3.63, 3.8) is 0 Å². The Morgan fingerprint density at radius 3 is 2.48 bits per heavy atom. The van der Waals surface area contributed by atoms with Gasteiger partial charge in [0, 0.05) is 17.8 Å². The van der Waals surface area contributed by atoms with E-state index in [1.807, 2.05) is 6.07 Å². The van der Waals surface area contributed by atoms with Gasteiger partial charge in [0.25, 0.3) is 5.91 Å². The first-order valence-corrected chi connectivity index (χ1v) is 7.33. The smallest absolute Gasteiger partial charge is 0.272 e. The van der Waals surface area contributed by atoms with Gasteiger partial charge in [0.1, 0.15) is 0 Å². The zero-order chi connectivity index (χ0) is 16.2. The van der Waals surface area contributed by atoms with Crippen molar-refractivity contribution in [1.82, 2.24) is 15.5 Å². The molecule has 23 heavy (non-hydrogen) atoms. The highest BCUT2D eigenvalue weighted by molar-refractivity contribution is 5.92. The summed E-state index contributed by atoms with van der Waals surface area (Å²) in [4.78, 5) is 11.9.